The summed E-state index contributed by atoms with van der Waals surface area (Å²) in [5.41, 5.74) is -0.502. The van der Waals surface area contributed by atoms with Gasteiger partial charge in [0.15, 0.2) is 0 Å². The van der Waals surface area contributed by atoms with E-state index in [1.165, 1.54) is 18.2 Å². The molecule has 0 saturated heterocycles. The molecule has 0 atom stereocenters. The molecule has 1 aliphatic rings. The van der Waals surface area contributed by atoms with Crippen LogP contribution in [0.1, 0.15) is 27.2 Å². The molecule has 0 aromatic carbocycles. The first-order chi connectivity index (χ1) is 9.05. The third-order valence-corrected chi connectivity index (χ3v) is 1.69. The van der Waals surface area contributed by atoms with Crippen molar-refractivity contribution in [1.29, 1.82) is 0 Å². The molecule has 0 nitrogen and oxygen atoms in total. The van der Waals surface area contributed by atoms with Crippen molar-refractivity contribution >= 4 is 0 Å². The van der Waals surface area contributed by atoms with Crippen molar-refractivity contribution < 1.29 is 26.3 Å². The molecule has 0 fully saturated rings. The number of rotatable bonds is 1. The van der Waals surface area contributed by atoms with Gasteiger partial charge in [-0.05, 0) is 12.0 Å². The monoisotopic (exact) mass is 300 g/mol. The highest BCUT2D eigenvalue weighted by molar-refractivity contribution is 5.44. The zero-order chi connectivity index (χ0) is 16.4. The molecule has 1 rings (SSSR count). The number of halogens is 6. The summed E-state index contributed by atoms with van der Waals surface area (Å²) in [6, 6.07) is 0. The molecule has 0 spiro atoms. The minimum Gasteiger partial charge on any atom is -0.172 e. The standard InChI is InChI=1S/C10H9F3.C2H3F3.C2H6/c1-2-8-6-4-3-5-7-9(8)10(11,12)13;1-2(3,4)5;1-2/h2,4-7H,1,3H2;1H3;1-2H3. The fraction of sp³-hybridized carbons (Fsp3) is 0.429. The van der Waals surface area contributed by atoms with E-state index in [2.05, 4.69) is 6.58 Å². The molecule has 0 radical (unpaired) electrons. The number of allylic oxidation sites excluding steroid dienone is 7. The van der Waals surface area contributed by atoms with E-state index in [1.807, 2.05) is 13.8 Å². The zero-order valence-corrected chi connectivity index (χ0v) is 11.6. The normalized spacial score (nSPS) is 14.7. The molecule has 0 aromatic heterocycles. The van der Waals surface area contributed by atoms with Crippen LogP contribution in [-0.4, -0.2) is 12.4 Å². The summed E-state index contributed by atoms with van der Waals surface area (Å²) in [7, 11) is 0. The van der Waals surface area contributed by atoms with E-state index in [1.54, 1.807) is 6.08 Å². The highest BCUT2D eigenvalue weighted by atomic mass is 19.4. The minimum atomic E-state index is -4.30. The van der Waals surface area contributed by atoms with Gasteiger partial charge in [0.2, 0.25) is 0 Å². The van der Waals surface area contributed by atoms with Crippen LogP contribution in [0.25, 0.3) is 0 Å². The van der Waals surface area contributed by atoms with Gasteiger partial charge < -0.3 is 0 Å². The zero-order valence-electron chi connectivity index (χ0n) is 11.6. The van der Waals surface area contributed by atoms with Gasteiger partial charge in [0.05, 0.1) is 5.57 Å². The quantitative estimate of drug-likeness (QED) is 0.510. The van der Waals surface area contributed by atoms with Gasteiger partial charge in [0.25, 0.3) is 0 Å². The SMILES string of the molecule is C=CC1=C(C(F)(F)F)C=CCC=C1.CC.CC(F)(F)F. The van der Waals surface area contributed by atoms with Gasteiger partial charge in [-0.3, -0.25) is 0 Å². The van der Waals surface area contributed by atoms with E-state index < -0.39 is 17.9 Å². The summed E-state index contributed by atoms with van der Waals surface area (Å²) in [6.07, 6.45) is -0.866. The van der Waals surface area contributed by atoms with Crippen molar-refractivity contribution in [3.8, 4) is 0 Å². The second kappa shape index (κ2) is 9.44. The second-order valence-electron chi connectivity index (χ2n) is 3.39. The number of alkyl halides is 6. The molecule has 1 aliphatic carbocycles. The Morgan fingerprint density at radius 2 is 1.40 bits per heavy atom. The Labute approximate surface area is 115 Å². The summed E-state index contributed by atoms with van der Waals surface area (Å²) < 4.78 is 68.2. The van der Waals surface area contributed by atoms with E-state index in [4.69, 9.17) is 0 Å². The van der Waals surface area contributed by atoms with Crippen LogP contribution in [-0.2, 0) is 0 Å². The Morgan fingerprint density at radius 1 is 1.00 bits per heavy atom. The maximum absolute atomic E-state index is 12.4. The molecule has 0 saturated carbocycles. The van der Waals surface area contributed by atoms with Crippen molar-refractivity contribution in [1.82, 2.24) is 0 Å². The molecule has 6 heteroatoms. The van der Waals surface area contributed by atoms with Crippen LogP contribution >= 0.6 is 0 Å². The number of hydrogen-bond acceptors (Lipinski definition) is 0. The predicted octanol–water partition coefficient (Wildman–Crippen LogP) is 6.14. The summed E-state index contributed by atoms with van der Waals surface area (Å²) in [6.45, 7) is 7.53. The average molecular weight is 300 g/mol. The van der Waals surface area contributed by atoms with Crippen LogP contribution in [0.3, 0.4) is 0 Å². The lowest BCUT2D eigenvalue weighted by atomic mass is 10.1. The third kappa shape index (κ3) is 11.6. The van der Waals surface area contributed by atoms with Crippen LogP contribution in [0, 0.1) is 0 Å². The summed E-state index contributed by atoms with van der Waals surface area (Å²) >= 11 is 0. The molecule has 0 aliphatic heterocycles. The largest absolute Gasteiger partial charge is 0.416 e. The van der Waals surface area contributed by atoms with E-state index >= 15 is 0 Å². The first kappa shape index (κ1) is 20.8. The van der Waals surface area contributed by atoms with E-state index in [9.17, 15) is 26.3 Å². The highest BCUT2D eigenvalue weighted by Crippen LogP contribution is 2.31. The fourth-order valence-electron chi connectivity index (χ4n) is 1.08. The highest BCUT2D eigenvalue weighted by Gasteiger charge is 2.33. The van der Waals surface area contributed by atoms with Crippen molar-refractivity contribution in [2.45, 2.75) is 39.5 Å². The van der Waals surface area contributed by atoms with Gasteiger partial charge in [0.1, 0.15) is 0 Å². The van der Waals surface area contributed by atoms with Gasteiger partial charge in [-0.1, -0.05) is 50.8 Å². The van der Waals surface area contributed by atoms with Crippen LogP contribution in [0.15, 0.2) is 48.1 Å². The molecule has 0 bridgehead atoms. The van der Waals surface area contributed by atoms with Gasteiger partial charge in [0, 0.05) is 6.92 Å². The van der Waals surface area contributed by atoms with Crippen molar-refractivity contribution in [2.24, 2.45) is 0 Å². The molecule has 0 unspecified atom stereocenters. The smallest absolute Gasteiger partial charge is 0.172 e. The van der Waals surface area contributed by atoms with Crippen molar-refractivity contribution in [3.63, 3.8) is 0 Å². The summed E-state index contributed by atoms with van der Waals surface area (Å²) in [5, 5.41) is 0. The number of hydrogen-bond donors (Lipinski definition) is 0. The molecule has 0 N–H and O–H groups in total. The first-order valence-electron chi connectivity index (χ1n) is 5.89. The fourth-order valence-corrected chi connectivity index (χ4v) is 1.08. The Morgan fingerprint density at radius 3 is 1.75 bits per heavy atom. The van der Waals surface area contributed by atoms with Gasteiger partial charge >= 0.3 is 12.4 Å². The van der Waals surface area contributed by atoms with E-state index in [0.717, 1.165) is 6.08 Å². The lowest BCUT2D eigenvalue weighted by molar-refractivity contribution is -0.110. The van der Waals surface area contributed by atoms with Crippen molar-refractivity contribution in [3.05, 3.63) is 48.1 Å². The minimum absolute atomic E-state index is 0.126. The lowest BCUT2D eigenvalue weighted by Crippen LogP contribution is -2.11. The van der Waals surface area contributed by atoms with Gasteiger partial charge in [-0.25, -0.2) is 0 Å². The summed E-state index contributed by atoms with van der Waals surface area (Å²) in [4.78, 5) is 0. The van der Waals surface area contributed by atoms with Crippen LogP contribution in [0.4, 0.5) is 26.3 Å². The van der Waals surface area contributed by atoms with E-state index in [0.29, 0.717) is 6.42 Å². The maximum Gasteiger partial charge on any atom is 0.416 e. The van der Waals surface area contributed by atoms with Crippen LogP contribution in [0.5, 0.6) is 0 Å². The van der Waals surface area contributed by atoms with E-state index in [-0.39, 0.29) is 12.5 Å². The molecule has 0 aromatic rings. The second-order valence-corrected chi connectivity index (χ2v) is 3.39. The molecule has 0 heterocycles. The van der Waals surface area contributed by atoms with Gasteiger partial charge in [-0.2, -0.15) is 26.3 Å². The van der Waals surface area contributed by atoms with Crippen LogP contribution < -0.4 is 0 Å². The Bertz CT molecular complexity index is 360. The van der Waals surface area contributed by atoms with Crippen molar-refractivity contribution in [2.75, 3.05) is 0 Å². The molecule has 20 heavy (non-hydrogen) atoms. The summed E-state index contributed by atoms with van der Waals surface area (Å²) in [5.74, 6) is 0. The third-order valence-electron chi connectivity index (χ3n) is 1.69. The molecule has 0 amide bonds. The lowest BCUT2D eigenvalue weighted by Gasteiger charge is -2.09. The Kier molecular flexibility index (Phi) is 9.85. The molecular weight excluding hydrogens is 282 g/mol. The maximum atomic E-state index is 12.4. The Hall–Kier alpha value is -1.46. The van der Waals surface area contributed by atoms with Crippen LogP contribution in [0.2, 0.25) is 0 Å². The van der Waals surface area contributed by atoms with Gasteiger partial charge in [-0.15, -0.1) is 0 Å². The first-order valence-corrected chi connectivity index (χ1v) is 5.89. The topological polar surface area (TPSA) is 0 Å². The Balaban J connectivity index is 0. The molecule has 116 valence electrons. The molecular formula is C14H18F6. The average Bonchev–Trinajstić information content (AvgIpc) is 2.53. The predicted molar refractivity (Wildman–Crippen MR) is 69.3 cm³/mol.